The number of rotatable bonds is 7. The summed E-state index contributed by atoms with van der Waals surface area (Å²) in [7, 11) is 0. The molecule has 2 atom stereocenters. The van der Waals surface area contributed by atoms with Crippen LogP contribution < -0.4 is 4.74 Å². The molecule has 1 aromatic carbocycles. The van der Waals surface area contributed by atoms with E-state index in [1.807, 2.05) is 47.7 Å². The monoisotopic (exact) mass is 398 g/mol. The van der Waals surface area contributed by atoms with Crippen LogP contribution in [0.15, 0.2) is 30.3 Å². The Bertz CT molecular complexity index is 865. The predicted octanol–water partition coefficient (Wildman–Crippen LogP) is 1.60. The van der Waals surface area contributed by atoms with Crippen LogP contribution in [-0.2, 0) is 17.9 Å². The highest BCUT2D eigenvalue weighted by Crippen LogP contribution is 2.34. The van der Waals surface area contributed by atoms with E-state index in [0.29, 0.717) is 25.1 Å². The van der Waals surface area contributed by atoms with E-state index >= 15 is 0 Å². The molecule has 7 nitrogen and oxygen atoms in total. The van der Waals surface area contributed by atoms with Gasteiger partial charge in [-0.25, -0.2) is 0 Å². The summed E-state index contributed by atoms with van der Waals surface area (Å²) in [6.07, 6.45) is 1.01. The first-order valence-electron chi connectivity index (χ1n) is 10.4. The minimum absolute atomic E-state index is 0.0172. The molecule has 2 aliphatic heterocycles. The van der Waals surface area contributed by atoms with Crippen molar-refractivity contribution >= 4 is 5.91 Å². The van der Waals surface area contributed by atoms with Crippen LogP contribution in [0.4, 0.5) is 0 Å². The van der Waals surface area contributed by atoms with E-state index in [0.717, 1.165) is 55.3 Å². The summed E-state index contributed by atoms with van der Waals surface area (Å²) < 4.78 is 7.48. The number of aromatic nitrogens is 2. The molecule has 156 valence electrons. The minimum atomic E-state index is 0.0172. The first kappa shape index (κ1) is 19.9. The zero-order valence-corrected chi connectivity index (χ0v) is 17.3. The minimum Gasteiger partial charge on any atom is -0.491 e. The van der Waals surface area contributed by atoms with Gasteiger partial charge in [0.1, 0.15) is 18.9 Å². The number of piperidine rings is 1. The van der Waals surface area contributed by atoms with E-state index in [-0.39, 0.29) is 12.5 Å². The fourth-order valence-electron chi connectivity index (χ4n) is 4.59. The molecule has 29 heavy (non-hydrogen) atoms. The third-order valence-electron chi connectivity index (χ3n) is 6.03. The van der Waals surface area contributed by atoms with Crippen LogP contribution in [-0.4, -0.2) is 69.5 Å². The lowest BCUT2D eigenvalue weighted by Crippen LogP contribution is -2.65. The number of amides is 1. The molecule has 2 aromatic rings. The van der Waals surface area contributed by atoms with Crippen molar-refractivity contribution in [2.75, 3.05) is 32.8 Å². The van der Waals surface area contributed by atoms with Crippen LogP contribution >= 0.6 is 0 Å². The molecule has 2 unspecified atom stereocenters. The topological polar surface area (TPSA) is 70.8 Å². The number of aliphatic hydroxyl groups is 1. The number of likely N-dealkylation sites (tertiary alicyclic amines) is 2. The second kappa shape index (κ2) is 8.55. The highest BCUT2D eigenvalue weighted by molar-refractivity contribution is 5.77. The van der Waals surface area contributed by atoms with Gasteiger partial charge in [-0.3, -0.25) is 14.4 Å². The molecule has 0 aliphatic carbocycles. The van der Waals surface area contributed by atoms with Crippen LogP contribution in [0.25, 0.3) is 0 Å². The summed E-state index contributed by atoms with van der Waals surface area (Å²) in [5, 5.41) is 13.4. The van der Waals surface area contributed by atoms with Gasteiger partial charge in [-0.1, -0.05) is 18.2 Å². The van der Waals surface area contributed by atoms with Crippen molar-refractivity contribution < 1.29 is 14.6 Å². The maximum absolute atomic E-state index is 12.7. The Balaban J connectivity index is 1.31. The summed E-state index contributed by atoms with van der Waals surface area (Å²) in [5.74, 6) is 1.56. The quantitative estimate of drug-likeness (QED) is 0.767. The second-order valence-corrected chi connectivity index (χ2v) is 8.16. The highest BCUT2D eigenvalue weighted by Gasteiger charge is 2.44. The number of nitrogens with zero attached hydrogens (tertiary/aromatic N) is 4. The number of ether oxygens (including phenoxy) is 1. The largest absolute Gasteiger partial charge is 0.491 e. The summed E-state index contributed by atoms with van der Waals surface area (Å²) in [5.41, 5.74) is 3.13. The van der Waals surface area contributed by atoms with Crippen LogP contribution in [0.5, 0.6) is 5.75 Å². The van der Waals surface area contributed by atoms with Crippen LogP contribution in [0.1, 0.15) is 23.4 Å². The molecule has 7 heteroatoms. The van der Waals surface area contributed by atoms with Crippen molar-refractivity contribution in [3.8, 4) is 5.75 Å². The predicted molar refractivity (Wildman–Crippen MR) is 110 cm³/mol. The lowest BCUT2D eigenvalue weighted by molar-refractivity contribution is -0.149. The summed E-state index contributed by atoms with van der Waals surface area (Å²) >= 11 is 0. The normalized spacial score (nSPS) is 21.6. The average Bonchev–Trinajstić information content (AvgIpc) is 2.99. The van der Waals surface area contributed by atoms with Crippen LogP contribution in [0, 0.1) is 19.8 Å². The van der Waals surface area contributed by atoms with Crippen molar-refractivity contribution in [3.05, 3.63) is 47.3 Å². The van der Waals surface area contributed by atoms with Crippen LogP contribution in [0.3, 0.4) is 0 Å². The van der Waals surface area contributed by atoms with Gasteiger partial charge in [0.25, 0.3) is 0 Å². The molecular weight excluding hydrogens is 368 g/mol. The van der Waals surface area contributed by atoms with Crippen molar-refractivity contribution in [2.45, 2.75) is 39.4 Å². The van der Waals surface area contributed by atoms with Crippen molar-refractivity contribution in [1.82, 2.24) is 19.6 Å². The lowest BCUT2D eigenvalue weighted by atomic mass is 9.82. The number of hydrogen-bond donors (Lipinski definition) is 1. The molecule has 1 amide bonds. The number of benzene rings is 1. The Morgan fingerprint density at radius 3 is 2.83 bits per heavy atom. The third kappa shape index (κ3) is 4.31. The van der Waals surface area contributed by atoms with E-state index in [4.69, 9.17) is 9.84 Å². The van der Waals surface area contributed by atoms with E-state index in [1.165, 1.54) is 0 Å². The van der Waals surface area contributed by atoms with Crippen molar-refractivity contribution in [3.63, 3.8) is 0 Å². The zero-order chi connectivity index (χ0) is 20.4. The number of para-hydroxylation sites is 1. The molecule has 0 bridgehead atoms. The van der Waals surface area contributed by atoms with Gasteiger partial charge < -0.3 is 14.7 Å². The maximum Gasteiger partial charge on any atom is 0.244 e. The van der Waals surface area contributed by atoms with Gasteiger partial charge in [-0.15, -0.1) is 0 Å². The van der Waals surface area contributed by atoms with Gasteiger partial charge >= 0.3 is 0 Å². The molecule has 2 saturated heterocycles. The van der Waals surface area contributed by atoms with Gasteiger partial charge in [0.15, 0.2) is 0 Å². The Labute approximate surface area is 171 Å². The van der Waals surface area contributed by atoms with Crippen molar-refractivity contribution in [1.29, 1.82) is 0 Å². The fraction of sp³-hybridized carbons (Fsp3) is 0.545. The standard InChI is InChI=1S/C22H30N4O3/c1-16-11-17(2)26(23-16)15-22(28)25-14-19-13-24(8-7-20(19)25)12-18-5-3-4-6-21(18)29-10-9-27/h3-6,11,19-20,27H,7-10,12-15H2,1-2H3. The number of aryl methyl sites for hydroxylation is 2. The highest BCUT2D eigenvalue weighted by atomic mass is 16.5. The number of fused-ring (bicyclic) bond motifs is 1. The van der Waals surface area contributed by atoms with Crippen LogP contribution in [0.2, 0.25) is 0 Å². The second-order valence-electron chi connectivity index (χ2n) is 8.16. The van der Waals surface area contributed by atoms with E-state index in [2.05, 4.69) is 16.1 Å². The first-order chi connectivity index (χ1) is 14.0. The van der Waals surface area contributed by atoms with Gasteiger partial charge in [0, 0.05) is 49.4 Å². The number of carbonyl (C=O) groups is 1. The Kier molecular flexibility index (Phi) is 5.87. The lowest BCUT2D eigenvalue weighted by Gasteiger charge is -2.53. The molecule has 2 fully saturated rings. The molecule has 2 aliphatic rings. The summed E-state index contributed by atoms with van der Waals surface area (Å²) in [4.78, 5) is 17.2. The summed E-state index contributed by atoms with van der Waals surface area (Å²) in [6, 6.07) is 10.4. The molecule has 0 saturated carbocycles. The molecule has 0 spiro atoms. The molecular formula is C22H30N4O3. The molecule has 1 aromatic heterocycles. The number of aliphatic hydroxyl groups excluding tert-OH is 1. The fourth-order valence-corrected chi connectivity index (χ4v) is 4.59. The zero-order valence-electron chi connectivity index (χ0n) is 17.3. The molecule has 1 N–H and O–H groups in total. The molecule has 0 radical (unpaired) electrons. The van der Waals surface area contributed by atoms with Gasteiger partial charge in [0.05, 0.1) is 12.3 Å². The number of hydrogen-bond acceptors (Lipinski definition) is 5. The van der Waals surface area contributed by atoms with Gasteiger partial charge in [-0.05, 0) is 32.4 Å². The Morgan fingerprint density at radius 2 is 2.10 bits per heavy atom. The van der Waals surface area contributed by atoms with E-state index in [1.54, 1.807) is 0 Å². The van der Waals surface area contributed by atoms with Crippen molar-refractivity contribution in [2.24, 2.45) is 5.92 Å². The average molecular weight is 399 g/mol. The Morgan fingerprint density at radius 1 is 1.28 bits per heavy atom. The molecule has 4 rings (SSSR count). The van der Waals surface area contributed by atoms with Gasteiger partial charge in [0.2, 0.25) is 5.91 Å². The first-order valence-corrected chi connectivity index (χ1v) is 10.4. The Hall–Kier alpha value is -2.38. The van der Waals surface area contributed by atoms with Gasteiger partial charge in [-0.2, -0.15) is 5.10 Å². The molecule has 3 heterocycles. The third-order valence-corrected chi connectivity index (χ3v) is 6.03. The number of carbonyl (C=O) groups excluding carboxylic acids is 1. The SMILES string of the molecule is Cc1cc(C)n(CC(=O)N2CC3CN(Cc4ccccc4OCCO)CCC32)n1. The van der Waals surface area contributed by atoms with E-state index < -0.39 is 0 Å². The van der Waals surface area contributed by atoms with E-state index in [9.17, 15) is 4.79 Å². The maximum atomic E-state index is 12.7. The smallest absolute Gasteiger partial charge is 0.244 e. The summed E-state index contributed by atoms with van der Waals surface area (Å²) in [6.45, 7) is 8.26.